The van der Waals surface area contributed by atoms with E-state index in [2.05, 4.69) is 10.3 Å². The van der Waals surface area contributed by atoms with E-state index in [1.165, 1.54) is 53.4 Å². The summed E-state index contributed by atoms with van der Waals surface area (Å²) in [6, 6.07) is 7.54. The Morgan fingerprint density at radius 2 is 1.90 bits per heavy atom. The topological polar surface area (TPSA) is 126 Å². The summed E-state index contributed by atoms with van der Waals surface area (Å²) < 4.78 is 53.8. The van der Waals surface area contributed by atoms with Crippen molar-refractivity contribution in [2.75, 3.05) is 11.9 Å². The number of rotatable bonds is 6. The number of halogens is 4. The highest BCUT2D eigenvalue weighted by Crippen LogP contribution is 2.37. The van der Waals surface area contributed by atoms with E-state index in [1.54, 1.807) is 0 Å². The van der Waals surface area contributed by atoms with Crippen molar-refractivity contribution >= 4 is 29.1 Å². The van der Waals surface area contributed by atoms with E-state index in [-0.39, 0.29) is 23.9 Å². The van der Waals surface area contributed by atoms with Crippen molar-refractivity contribution in [3.63, 3.8) is 0 Å². The lowest BCUT2D eigenvalue weighted by Gasteiger charge is -2.29. The van der Waals surface area contributed by atoms with Crippen molar-refractivity contribution in [1.29, 1.82) is 0 Å². The second-order valence-corrected chi connectivity index (χ2v) is 10.8. The number of benzene rings is 1. The van der Waals surface area contributed by atoms with E-state index in [9.17, 15) is 27.6 Å². The van der Waals surface area contributed by atoms with Crippen molar-refractivity contribution < 1.29 is 32.2 Å². The zero-order valence-corrected chi connectivity index (χ0v) is 23.1. The van der Waals surface area contributed by atoms with E-state index in [0.717, 1.165) is 12.8 Å². The molecule has 1 aromatic carbocycles. The van der Waals surface area contributed by atoms with Crippen molar-refractivity contribution in [3.8, 4) is 11.1 Å². The minimum absolute atomic E-state index is 0.00981. The molecule has 42 heavy (non-hydrogen) atoms. The molecule has 2 aliphatic heterocycles. The number of fused-ring (bicyclic) bond motifs is 3. The molecule has 3 N–H and O–H groups in total. The van der Waals surface area contributed by atoms with Gasteiger partial charge >= 0.3 is 6.18 Å². The Labute approximate surface area is 243 Å². The highest BCUT2D eigenvalue weighted by atomic mass is 35.5. The molecule has 3 aromatic rings. The van der Waals surface area contributed by atoms with Gasteiger partial charge in [-0.3, -0.25) is 14.4 Å². The van der Waals surface area contributed by atoms with Crippen molar-refractivity contribution in [1.82, 2.24) is 9.55 Å². The molecule has 0 bridgehead atoms. The second-order valence-electron chi connectivity index (χ2n) is 10.3. The van der Waals surface area contributed by atoms with E-state index < -0.39 is 48.7 Å². The van der Waals surface area contributed by atoms with Crippen molar-refractivity contribution in [2.45, 2.75) is 63.1 Å². The van der Waals surface area contributed by atoms with Crippen LogP contribution in [0.1, 0.15) is 53.3 Å². The number of nitrogens with two attached hydrogens (primary N) is 1. The van der Waals surface area contributed by atoms with Gasteiger partial charge < -0.3 is 25.1 Å². The molecule has 2 aromatic heterocycles. The van der Waals surface area contributed by atoms with Crippen LogP contribution in [0.2, 0.25) is 5.02 Å². The molecular formula is C29H28ClF3N4O5. The highest BCUT2D eigenvalue weighted by molar-refractivity contribution is 6.30. The van der Waals surface area contributed by atoms with Crippen LogP contribution >= 0.6 is 11.6 Å². The summed E-state index contributed by atoms with van der Waals surface area (Å²) in [5.41, 5.74) is 6.38. The minimum atomic E-state index is -4.62. The molecule has 5 rings (SSSR count). The van der Waals surface area contributed by atoms with Crippen LogP contribution < -0.4 is 16.6 Å². The maximum Gasteiger partial charge on any atom is 0.414 e. The summed E-state index contributed by atoms with van der Waals surface area (Å²) in [7, 11) is 0. The van der Waals surface area contributed by atoms with E-state index in [4.69, 9.17) is 26.8 Å². The van der Waals surface area contributed by atoms with Gasteiger partial charge in [0.25, 0.3) is 11.5 Å². The first-order chi connectivity index (χ1) is 20.0. The zero-order chi connectivity index (χ0) is 30.0. The van der Waals surface area contributed by atoms with Crippen LogP contribution in [0.5, 0.6) is 0 Å². The lowest BCUT2D eigenvalue weighted by atomic mass is 9.92. The van der Waals surface area contributed by atoms with Gasteiger partial charge in [0.2, 0.25) is 5.91 Å². The summed E-state index contributed by atoms with van der Waals surface area (Å²) >= 11 is 6.20. The van der Waals surface area contributed by atoms with Crippen LogP contribution in [0.15, 0.2) is 53.6 Å². The van der Waals surface area contributed by atoms with E-state index in [1.807, 2.05) is 0 Å². The Morgan fingerprint density at radius 1 is 1.12 bits per heavy atom. The lowest BCUT2D eigenvalue weighted by Crippen LogP contribution is -2.38. The molecular weight excluding hydrogens is 577 g/mol. The third-order valence-electron chi connectivity index (χ3n) is 7.42. The summed E-state index contributed by atoms with van der Waals surface area (Å²) in [5, 5.41) is 3.01. The normalized spacial score (nSPS) is 19.5. The first kappa shape index (κ1) is 29.7. The standard InChI is InChI=1S/C29H28ClF3N4O5/c30-18-5-4-16-9-25(29(31,32)33)42-15-17-14-37(26(38)12-22(17)21(16)10-18)24(11-20-3-1-2-8-41-20)28(40)36-19-6-7-23(27(34)39)35-13-19/h4-7,10,12-14,20,24-25H,1-3,8-9,11,15H2,(H2,34,39)(H,36,40). The molecule has 1 fully saturated rings. The Kier molecular flexibility index (Phi) is 8.67. The fourth-order valence-electron chi connectivity index (χ4n) is 5.27. The number of nitrogens with zero attached hydrogens (tertiary/aromatic N) is 2. The predicted octanol–water partition coefficient (Wildman–Crippen LogP) is 4.81. The molecule has 222 valence electrons. The van der Waals surface area contributed by atoms with Crippen LogP contribution in [0.3, 0.4) is 0 Å². The number of ether oxygens (including phenoxy) is 2. The molecule has 0 saturated carbocycles. The maximum atomic E-state index is 13.8. The Balaban J connectivity index is 1.55. The molecule has 2 aliphatic rings. The van der Waals surface area contributed by atoms with Crippen molar-refractivity contribution in [3.05, 3.63) is 81.0 Å². The number of pyridine rings is 2. The van der Waals surface area contributed by atoms with Gasteiger partial charge in [-0.05, 0) is 60.2 Å². The second kappa shape index (κ2) is 12.2. The zero-order valence-electron chi connectivity index (χ0n) is 22.3. The number of amides is 2. The van der Waals surface area contributed by atoms with Crippen LogP contribution in [0.4, 0.5) is 18.9 Å². The summed E-state index contributed by atoms with van der Waals surface area (Å²) in [6.45, 7) is 0.0688. The Morgan fingerprint density at radius 3 is 2.57 bits per heavy atom. The van der Waals surface area contributed by atoms with Crippen LogP contribution in [-0.4, -0.2) is 46.4 Å². The summed E-state index contributed by atoms with van der Waals surface area (Å²) in [5.74, 6) is -1.30. The SMILES string of the molecule is NC(=O)c1ccc(NC(=O)C(CC2CCCCO2)n2cc3c(cc2=O)-c2cc(Cl)ccc2CC(C(F)(F)F)OC3)cn1. The number of hydrogen-bond donors (Lipinski definition) is 2. The van der Waals surface area contributed by atoms with Crippen molar-refractivity contribution in [2.24, 2.45) is 5.73 Å². The number of anilines is 1. The van der Waals surface area contributed by atoms with Crippen LogP contribution in [0, 0.1) is 0 Å². The average Bonchev–Trinajstić information content (AvgIpc) is 2.94. The van der Waals surface area contributed by atoms with Gasteiger partial charge in [-0.15, -0.1) is 0 Å². The molecule has 0 radical (unpaired) electrons. The summed E-state index contributed by atoms with van der Waals surface area (Å²) in [4.78, 5) is 42.5. The first-order valence-corrected chi connectivity index (χ1v) is 13.8. The highest BCUT2D eigenvalue weighted by Gasteiger charge is 2.42. The molecule has 13 heteroatoms. The van der Waals surface area contributed by atoms with Crippen LogP contribution in [0.25, 0.3) is 11.1 Å². The number of hydrogen-bond acceptors (Lipinski definition) is 6. The molecule has 3 atom stereocenters. The van der Waals surface area contributed by atoms with Gasteiger partial charge in [0.05, 0.1) is 24.6 Å². The molecule has 4 heterocycles. The quantitative estimate of drug-likeness (QED) is 0.416. The monoisotopic (exact) mass is 604 g/mol. The number of alkyl halides is 3. The fourth-order valence-corrected chi connectivity index (χ4v) is 5.44. The number of nitrogens with one attached hydrogen (secondary N) is 1. The minimum Gasteiger partial charge on any atom is -0.378 e. The number of carbonyl (C=O) groups excluding carboxylic acids is 2. The third kappa shape index (κ3) is 6.66. The van der Waals surface area contributed by atoms with Gasteiger partial charge in [0.1, 0.15) is 11.7 Å². The molecule has 0 spiro atoms. The maximum absolute atomic E-state index is 13.8. The van der Waals surface area contributed by atoms with Gasteiger partial charge in [-0.25, -0.2) is 4.98 Å². The fraction of sp³-hybridized carbons (Fsp3) is 0.379. The van der Waals surface area contributed by atoms with E-state index >= 15 is 0 Å². The average molecular weight is 605 g/mol. The van der Waals surface area contributed by atoms with E-state index in [0.29, 0.717) is 40.3 Å². The number of primary amides is 1. The smallest absolute Gasteiger partial charge is 0.378 e. The summed E-state index contributed by atoms with van der Waals surface area (Å²) in [6.07, 6.45) is -2.21. The number of aromatic nitrogens is 2. The first-order valence-electron chi connectivity index (χ1n) is 13.4. The van der Waals surface area contributed by atoms with Gasteiger partial charge in [-0.2, -0.15) is 13.2 Å². The largest absolute Gasteiger partial charge is 0.414 e. The molecule has 3 unspecified atom stereocenters. The molecule has 1 saturated heterocycles. The van der Waals surface area contributed by atoms with Gasteiger partial charge in [0.15, 0.2) is 6.10 Å². The van der Waals surface area contributed by atoms with Gasteiger partial charge in [-0.1, -0.05) is 17.7 Å². The lowest BCUT2D eigenvalue weighted by molar-refractivity contribution is -0.223. The molecule has 2 amide bonds. The Hall–Kier alpha value is -3.74. The molecule has 9 nitrogen and oxygen atoms in total. The van der Waals surface area contributed by atoms with Crippen LogP contribution in [-0.2, 0) is 27.3 Å². The number of carbonyl (C=O) groups is 2. The van der Waals surface area contributed by atoms with Gasteiger partial charge in [0, 0.05) is 42.3 Å². The predicted molar refractivity (Wildman–Crippen MR) is 148 cm³/mol. The Bertz CT molecular complexity index is 1540. The third-order valence-corrected chi connectivity index (χ3v) is 7.65. The molecule has 0 aliphatic carbocycles.